The maximum absolute atomic E-state index is 13.1. The number of hydrogen-bond acceptors (Lipinski definition) is 3. The van der Waals surface area contributed by atoms with E-state index in [4.69, 9.17) is 5.73 Å². The summed E-state index contributed by atoms with van der Waals surface area (Å²) in [5, 5.41) is 18.6. The van der Waals surface area contributed by atoms with E-state index in [1.807, 2.05) is 0 Å². The molecule has 78 valence electrons. The number of nitrogens with two attached hydrogens (primary N) is 1. The van der Waals surface area contributed by atoms with E-state index in [2.05, 4.69) is 0 Å². The largest absolute Gasteiger partial charge is 0.507 e. The zero-order chi connectivity index (χ0) is 10.7. The monoisotopic (exact) mass is 203 g/mol. The van der Waals surface area contributed by atoms with Crippen LogP contribution in [0.25, 0.3) is 0 Å². The SMILES string of the molecule is NCCC(O)c1c(O)ccc(F)c1F. The zero-order valence-corrected chi connectivity index (χ0v) is 7.37. The smallest absolute Gasteiger partial charge is 0.168 e. The second kappa shape index (κ2) is 4.34. The molecular formula is C9H11F2NO2. The van der Waals surface area contributed by atoms with E-state index in [9.17, 15) is 19.0 Å². The van der Waals surface area contributed by atoms with Crippen LogP contribution in [0, 0.1) is 11.6 Å². The Morgan fingerprint density at radius 2 is 2.00 bits per heavy atom. The van der Waals surface area contributed by atoms with Crippen LogP contribution in [0.1, 0.15) is 18.1 Å². The summed E-state index contributed by atoms with van der Waals surface area (Å²) >= 11 is 0. The van der Waals surface area contributed by atoms with Gasteiger partial charge in [-0.1, -0.05) is 0 Å². The van der Waals surface area contributed by atoms with Gasteiger partial charge in [-0.25, -0.2) is 8.78 Å². The maximum atomic E-state index is 13.1. The standard InChI is InChI=1S/C9H11F2NO2/c10-5-1-2-6(13)8(9(5)11)7(14)3-4-12/h1-2,7,13-14H,3-4,12H2. The number of aliphatic hydroxyl groups excluding tert-OH is 1. The topological polar surface area (TPSA) is 66.5 Å². The summed E-state index contributed by atoms with van der Waals surface area (Å²) in [6.45, 7) is 0.122. The molecule has 5 heteroatoms. The Kier molecular flexibility index (Phi) is 3.38. The molecule has 0 aliphatic rings. The predicted molar refractivity (Wildman–Crippen MR) is 46.7 cm³/mol. The fraction of sp³-hybridized carbons (Fsp3) is 0.333. The van der Waals surface area contributed by atoms with Crippen LogP contribution in [0.15, 0.2) is 12.1 Å². The van der Waals surface area contributed by atoms with Crippen LogP contribution in [0.2, 0.25) is 0 Å². The molecule has 0 saturated heterocycles. The first kappa shape index (κ1) is 10.9. The van der Waals surface area contributed by atoms with Crippen LogP contribution in [-0.4, -0.2) is 16.8 Å². The van der Waals surface area contributed by atoms with Gasteiger partial charge in [0.25, 0.3) is 0 Å². The lowest BCUT2D eigenvalue weighted by atomic mass is 10.0. The minimum atomic E-state index is -1.28. The van der Waals surface area contributed by atoms with Crippen LogP contribution < -0.4 is 5.73 Å². The Bertz CT molecular complexity index is 331. The molecule has 0 spiro atoms. The summed E-state index contributed by atoms with van der Waals surface area (Å²) < 4.78 is 25.8. The lowest BCUT2D eigenvalue weighted by molar-refractivity contribution is 0.160. The molecule has 4 N–H and O–H groups in total. The van der Waals surface area contributed by atoms with Gasteiger partial charge in [-0.3, -0.25) is 0 Å². The summed E-state index contributed by atoms with van der Waals surface area (Å²) in [6.07, 6.45) is -1.22. The Morgan fingerprint density at radius 1 is 1.36 bits per heavy atom. The van der Waals surface area contributed by atoms with Crippen molar-refractivity contribution in [2.24, 2.45) is 5.73 Å². The molecule has 14 heavy (non-hydrogen) atoms. The molecule has 0 fully saturated rings. The highest BCUT2D eigenvalue weighted by molar-refractivity contribution is 5.35. The van der Waals surface area contributed by atoms with Crippen molar-refractivity contribution in [3.63, 3.8) is 0 Å². The normalized spacial score (nSPS) is 12.9. The summed E-state index contributed by atoms with van der Waals surface area (Å²) in [4.78, 5) is 0. The zero-order valence-electron chi connectivity index (χ0n) is 7.37. The average Bonchev–Trinajstić information content (AvgIpc) is 2.13. The molecule has 1 rings (SSSR count). The van der Waals surface area contributed by atoms with Crippen molar-refractivity contribution in [3.05, 3.63) is 29.3 Å². The number of aromatic hydroxyl groups is 1. The van der Waals surface area contributed by atoms with Crippen molar-refractivity contribution in [2.75, 3.05) is 6.54 Å². The first-order chi connectivity index (χ1) is 6.57. The minimum Gasteiger partial charge on any atom is -0.507 e. The number of halogens is 2. The molecule has 1 aromatic rings. The quantitative estimate of drug-likeness (QED) is 0.688. The van der Waals surface area contributed by atoms with Gasteiger partial charge in [0.15, 0.2) is 11.6 Å². The summed E-state index contributed by atoms with van der Waals surface area (Å²) in [7, 11) is 0. The number of phenolic OH excluding ortho intramolecular Hbond substituents is 1. The molecule has 0 saturated carbocycles. The van der Waals surface area contributed by atoms with Crippen LogP contribution in [0.4, 0.5) is 8.78 Å². The summed E-state index contributed by atoms with van der Waals surface area (Å²) in [5.41, 5.74) is 4.71. The third kappa shape index (κ3) is 2.00. The summed E-state index contributed by atoms with van der Waals surface area (Å²) in [5.74, 6) is -2.80. The highest BCUT2D eigenvalue weighted by Crippen LogP contribution is 2.29. The Hall–Kier alpha value is -1.20. The van der Waals surface area contributed by atoms with Crippen molar-refractivity contribution < 1.29 is 19.0 Å². The molecule has 3 nitrogen and oxygen atoms in total. The lowest BCUT2D eigenvalue weighted by Crippen LogP contribution is -2.09. The van der Waals surface area contributed by atoms with Crippen molar-refractivity contribution in [3.8, 4) is 5.75 Å². The number of phenols is 1. The molecule has 0 bridgehead atoms. The Balaban J connectivity index is 3.11. The van der Waals surface area contributed by atoms with E-state index >= 15 is 0 Å². The molecule has 1 unspecified atom stereocenters. The van der Waals surface area contributed by atoms with E-state index < -0.39 is 29.1 Å². The molecule has 0 aromatic heterocycles. The molecule has 1 aromatic carbocycles. The van der Waals surface area contributed by atoms with E-state index in [-0.39, 0.29) is 13.0 Å². The Labute approximate surface area is 79.8 Å². The second-order valence-corrected chi connectivity index (χ2v) is 2.89. The minimum absolute atomic E-state index is 0.0634. The first-order valence-corrected chi connectivity index (χ1v) is 4.13. The fourth-order valence-corrected chi connectivity index (χ4v) is 1.18. The van der Waals surface area contributed by atoms with Gasteiger partial charge in [0.2, 0.25) is 0 Å². The molecule has 1 atom stereocenters. The molecule has 0 radical (unpaired) electrons. The van der Waals surface area contributed by atoms with E-state index in [1.54, 1.807) is 0 Å². The van der Waals surface area contributed by atoms with Crippen molar-refractivity contribution in [1.82, 2.24) is 0 Å². The van der Waals surface area contributed by atoms with E-state index in [0.29, 0.717) is 0 Å². The van der Waals surface area contributed by atoms with Gasteiger partial charge in [-0.05, 0) is 25.1 Å². The van der Waals surface area contributed by atoms with Crippen LogP contribution in [0.3, 0.4) is 0 Å². The van der Waals surface area contributed by atoms with Gasteiger partial charge in [0.05, 0.1) is 11.7 Å². The number of benzene rings is 1. The Morgan fingerprint density at radius 3 is 2.57 bits per heavy atom. The van der Waals surface area contributed by atoms with Gasteiger partial charge in [0.1, 0.15) is 5.75 Å². The van der Waals surface area contributed by atoms with Crippen molar-refractivity contribution in [1.29, 1.82) is 0 Å². The molecular weight excluding hydrogens is 192 g/mol. The van der Waals surface area contributed by atoms with Gasteiger partial charge in [0, 0.05) is 0 Å². The van der Waals surface area contributed by atoms with Crippen LogP contribution in [0.5, 0.6) is 5.75 Å². The molecule has 0 aliphatic heterocycles. The van der Waals surface area contributed by atoms with Crippen LogP contribution in [-0.2, 0) is 0 Å². The number of rotatable bonds is 3. The summed E-state index contributed by atoms with van der Waals surface area (Å²) in [6, 6.07) is 1.79. The van der Waals surface area contributed by atoms with Gasteiger partial charge >= 0.3 is 0 Å². The average molecular weight is 203 g/mol. The maximum Gasteiger partial charge on any atom is 0.168 e. The van der Waals surface area contributed by atoms with Gasteiger partial charge in [-0.2, -0.15) is 0 Å². The van der Waals surface area contributed by atoms with Gasteiger partial charge < -0.3 is 15.9 Å². The van der Waals surface area contributed by atoms with E-state index in [1.165, 1.54) is 0 Å². The third-order valence-corrected chi connectivity index (χ3v) is 1.88. The van der Waals surface area contributed by atoms with Crippen LogP contribution >= 0.6 is 0 Å². The highest BCUT2D eigenvalue weighted by Gasteiger charge is 2.19. The van der Waals surface area contributed by atoms with Gasteiger partial charge in [-0.15, -0.1) is 0 Å². The van der Waals surface area contributed by atoms with E-state index in [0.717, 1.165) is 12.1 Å². The highest BCUT2D eigenvalue weighted by atomic mass is 19.2. The molecule has 0 heterocycles. The van der Waals surface area contributed by atoms with Crippen molar-refractivity contribution in [2.45, 2.75) is 12.5 Å². The fourth-order valence-electron chi connectivity index (χ4n) is 1.18. The first-order valence-electron chi connectivity index (χ1n) is 4.13. The number of hydrogen-bond donors (Lipinski definition) is 3. The third-order valence-electron chi connectivity index (χ3n) is 1.88. The molecule has 0 aliphatic carbocycles. The predicted octanol–water partition coefficient (Wildman–Crippen LogP) is 1.05. The second-order valence-electron chi connectivity index (χ2n) is 2.89. The lowest BCUT2D eigenvalue weighted by Gasteiger charge is -2.12. The molecule has 0 amide bonds. The number of aliphatic hydroxyl groups is 1. The van der Waals surface area contributed by atoms with Crippen molar-refractivity contribution >= 4 is 0 Å².